The maximum absolute atomic E-state index is 12.2. The van der Waals surface area contributed by atoms with Crippen molar-refractivity contribution in [3.8, 4) is 0 Å². The zero-order valence-electron chi connectivity index (χ0n) is 10.3. The first-order valence-electron chi connectivity index (χ1n) is 5.79. The van der Waals surface area contributed by atoms with Crippen LogP contribution in [0.1, 0.15) is 60.3 Å². The van der Waals surface area contributed by atoms with E-state index in [9.17, 15) is 4.79 Å². The molecule has 14 heavy (non-hydrogen) atoms. The molecule has 1 unspecified atom stereocenters. The Morgan fingerprint density at radius 3 is 2.21 bits per heavy atom. The second-order valence-electron chi connectivity index (χ2n) is 6.40. The number of Topliss-reactive ketones (excluding diaryl/α,β-unsaturated/α-hetero) is 1. The molecule has 0 aromatic heterocycles. The summed E-state index contributed by atoms with van der Waals surface area (Å²) in [5.41, 5.74) is 0.0574. The molecule has 0 saturated heterocycles. The molecule has 1 atom stereocenters. The summed E-state index contributed by atoms with van der Waals surface area (Å²) in [6.45, 7) is 10.6. The zero-order valence-corrected chi connectivity index (χ0v) is 10.3. The number of carbonyl (C=O) groups is 1. The first-order valence-corrected chi connectivity index (χ1v) is 5.79. The maximum Gasteiger partial charge on any atom is 0.141 e. The van der Waals surface area contributed by atoms with Gasteiger partial charge >= 0.3 is 0 Å². The lowest BCUT2D eigenvalue weighted by molar-refractivity contribution is -0.135. The van der Waals surface area contributed by atoms with Gasteiger partial charge in [0.1, 0.15) is 5.78 Å². The van der Waals surface area contributed by atoms with Crippen LogP contribution in [0.15, 0.2) is 0 Å². The fourth-order valence-corrected chi connectivity index (χ4v) is 2.50. The molecule has 1 heteroatoms. The van der Waals surface area contributed by atoms with Gasteiger partial charge in [0.2, 0.25) is 0 Å². The van der Waals surface area contributed by atoms with E-state index in [0.29, 0.717) is 5.78 Å². The Bertz CT molecular complexity index is 220. The lowest BCUT2D eigenvalue weighted by Gasteiger charge is -2.40. The van der Waals surface area contributed by atoms with Crippen LogP contribution in [0, 0.1) is 16.7 Å². The van der Waals surface area contributed by atoms with E-state index in [1.165, 1.54) is 19.3 Å². The second-order valence-corrected chi connectivity index (χ2v) is 6.40. The largest absolute Gasteiger partial charge is 0.299 e. The van der Waals surface area contributed by atoms with Gasteiger partial charge in [-0.1, -0.05) is 47.5 Å². The molecule has 82 valence electrons. The Morgan fingerprint density at radius 2 is 1.79 bits per heavy atom. The number of hydrogen-bond acceptors (Lipinski definition) is 1. The minimum absolute atomic E-state index is 0.167. The minimum atomic E-state index is -0.167. The molecule has 0 N–H and O–H groups in total. The topological polar surface area (TPSA) is 17.1 Å². The van der Waals surface area contributed by atoms with Crippen molar-refractivity contribution >= 4 is 5.78 Å². The van der Waals surface area contributed by atoms with Gasteiger partial charge in [0.15, 0.2) is 0 Å². The Kier molecular flexibility index (Phi) is 3.08. The first kappa shape index (κ1) is 11.7. The van der Waals surface area contributed by atoms with Crippen LogP contribution in [-0.4, -0.2) is 5.78 Å². The van der Waals surface area contributed by atoms with Gasteiger partial charge in [-0.2, -0.15) is 0 Å². The summed E-state index contributed by atoms with van der Waals surface area (Å²) in [4.78, 5) is 12.2. The molecular weight excluding hydrogens is 172 g/mol. The Labute approximate surface area is 88.3 Å². The standard InChI is InChI=1S/C13H24O/c1-12(2,3)11(14)10-8-6-7-9-13(10,4)5/h10H,6-9H2,1-5H3. The summed E-state index contributed by atoms with van der Waals surface area (Å²) in [5, 5.41) is 0. The molecule has 1 aliphatic carbocycles. The van der Waals surface area contributed by atoms with E-state index in [0.717, 1.165) is 6.42 Å². The van der Waals surface area contributed by atoms with Gasteiger partial charge in [-0.25, -0.2) is 0 Å². The van der Waals surface area contributed by atoms with Crippen molar-refractivity contribution in [1.82, 2.24) is 0 Å². The SMILES string of the molecule is CC(C)(C)C(=O)C1CCCCC1(C)C. The van der Waals surface area contributed by atoms with Crippen LogP contribution in [-0.2, 0) is 4.79 Å². The smallest absolute Gasteiger partial charge is 0.141 e. The molecule has 0 heterocycles. The molecule has 0 aromatic rings. The maximum atomic E-state index is 12.2. The molecule has 0 aromatic carbocycles. The minimum Gasteiger partial charge on any atom is -0.299 e. The number of ketones is 1. The van der Waals surface area contributed by atoms with Crippen molar-refractivity contribution in [2.45, 2.75) is 60.3 Å². The molecule has 0 amide bonds. The molecule has 0 bridgehead atoms. The van der Waals surface area contributed by atoms with E-state index >= 15 is 0 Å². The third kappa shape index (κ3) is 2.37. The van der Waals surface area contributed by atoms with Crippen LogP contribution in [0.3, 0.4) is 0 Å². The van der Waals surface area contributed by atoms with Gasteiger partial charge in [-0.3, -0.25) is 4.79 Å². The van der Waals surface area contributed by atoms with E-state index in [-0.39, 0.29) is 16.7 Å². The fourth-order valence-electron chi connectivity index (χ4n) is 2.50. The molecule has 1 aliphatic rings. The van der Waals surface area contributed by atoms with Crippen molar-refractivity contribution < 1.29 is 4.79 Å². The number of carbonyl (C=O) groups excluding carboxylic acids is 1. The lowest BCUT2D eigenvalue weighted by Crippen LogP contribution is -2.39. The predicted molar refractivity (Wildman–Crippen MR) is 60.2 cm³/mol. The summed E-state index contributed by atoms with van der Waals surface area (Å²) in [7, 11) is 0. The van der Waals surface area contributed by atoms with Crippen molar-refractivity contribution in [2.75, 3.05) is 0 Å². The normalized spacial score (nSPS) is 27.4. The predicted octanol–water partition coefficient (Wildman–Crippen LogP) is 3.82. The summed E-state index contributed by atoms with van der Waals surface area (Å²) in [6, 6.07) is 0. The fraction of sp³-hybridized carbons (Fsp3) is 0.923. The number of rotatable bonds is 1. The van der Waals surface area contributed by atoms with Crippen molar-refractivity contribution in [2.24, 2.45) is 16.7 Å². The summed E-state index contributed by atoms with van der Waals surface area (Å²) >= 11 is 0. The van der Waals surface area contributed by atoms with E-state index in [2.05, 4.69) is 13.8 Å². The average Bonchev–Trinajstić information content (AvgIpc) is 2.00. The second kappa shape index (κ2) is 3.67. The monoisotopic (exact) mass is 196 g/mol. The molecule has 1 saturated carbocycles. The highest BCUT2D eigenvalue weighted by Gasteiger charge is 2.40. The van der Waals surface area contributed by atoms with E-state index in [1.54, 1.807) is 0 Å². The third-order valence-electron chi connectivity index (χ3n) is 3.56. The Balaban J connectivity index is 2.80. The lowest BCUT2D eigenvalue weighted by atomic mass is 9.63. The molecule has 1 fully saturated rings. The van der Waals surface area contributed by atoms with Crippen molar-refractivity contribution in [1.29, 1.82) is 0 Å². The van der Waals surface area contributed by atoms with Crippen LogP contribution in [0.4, 0.5) is 0 Å². The molecule has 1 rings (SSSR count). The Morgan fingerprint density at radius 1 is 1.21 bits per heavy atom. The molecule has 0 aliphatic heterocycles. The van der Waals surface area contributed by atoms with Crippen LogP contribution in [0.2, 0.25) is 0 Å². The van der Waals surface area contributed by atoms with Crippen LogP contribution < -0.4 is 0 Å². The quantitative estimate of drug-likeness (QED) is 0.623. The van der Waals surface area contributed by atoms with E-state index in [1.807, 2.05) is 20.8 Å². The molecular formula is C13H24O. The van der Waals surface area contributed by atoms with Gasteiger partial charge in [0.05, 0.1) is 0 Å². The van der Waals surface area contributed by atoms with E-state index in [4.69, 9.17) is 0 Å². The Hall–Kier alpha value is -0.330. The van der Waals surface area contributed by atoms with Crippen molar-refractivity contribution in [3.05, 3.63) is 0 Å². The van der Waals surface area contributed by atoms with Gasteiger partial charge in [-0.15, -0.1) is 0 Å². The molecule has 0 spiro atoms. The zero-order chi connectivity index (χ0) is 11.0. The van der Waals surface area contributed by atoms with Crippen LogP contribution >= 0.6 is 0 Å². The first-order chi connectivity index (χ1) is 6.25. The highest BCUT2D eigenvalue weighted by molar-refractivity contribution is 5.86. The van der Waals surface area contributed by atoms with Gasteiger partial charge in [0.25, 0.3) is 0 Å². The van der Waals surface area contributed by atoms with Gasteiger partial charge < -0.3 is 0 Å². The molecule has 1 nitrogen and oxygen atoms in total. The van der Waals surface area contributed by atoms with Gasteiger partial charge in [0, 0.05) is 11.3 Å². The van der Waals surface area contributed by atoms with Crippen LogP contribution in [0.5, 0.6) is 0 Å². The van der Waals surface area contributed by atoms with Crippen molar-refractivity contribution in [3.63, 3.8) is 0 Å². The van der Waals surface area contributed by atoms with Crippen LogP contribution in [0.25, 0.3) is 0 Å². The summed E-state index contributed by atoms with van der Waals surface area (Å²) in [6.07, 6.45) is 4.83. The highest BCUT2D eigenvalue weighted by Crippen LogP contribution is 2.43. The summed E-state index contributed by atoms with van der Waals surface area (Å²) in [5.74, 6) is 0.749. The van der Waals surface area contributed by atoms with Gasteiger partial charge in [-0.05, 0) is 18.3 Å². The highest BCUT2D eigenvalue weighted by atomic mass is 16.1. The third-order valence-corrected chi connectivity index (χ3v) is 3.56. The molecule has 0 radical (unpaired) electrons. The van der Waals surface area contributed by atoms with E-state index < -0.39 is 0 Å². The number of hydrogen-bond donors (Lipinski definition) is 0. The summed E-state index contributed by atoms with van der Waals surface area (Å²) < 4.78 is 0. The average molecular weight is 196 g/mol.